The summed E-state index contributed by atoms with van der Waals surface area (Å²) in [7, 11) is 0. The summed E-state index contributed by atoms with van der Waals surface area (Å²) in [5, 5.41) is 5.31. The number of hydrogen-bond acceptors (Lipinski definition) is 3. The molecule has 32 heavy (non-hydrogen) atoms. The number of carbonyl (C=O) groups is 1. The van der Waals surface area contributed by atoms with Crippen molar-refractivity contribution in [1.29, 1.82) is 0 Å². The second-order valence-corrected chi connectivity index (χ2v) is 6.74. The molecule has 1 N–H and O–H groups in total. The molecule has 5 nitrogen and oxygen atoms in total. The number of hydrogen-bond donors (Lipinski definition) is 1. The predicted octanol–water partition coefficient (Wildman–Crippen LogP) is 5.36. The Bertz CT molecular complexity index is 1160. The van der Waals surface area contributed by atoms with E-state index in [0.717, 1.165) is 21.9 Å². The largest absolute Gasteiger partial charge is 0.471 e. The van der Waals surface area contributed by atoms with E-state index in [1.807, 2.05) is 26.0 Å². The quantitative estimate of drug-likeness (QED) is 0.411. The summed E-state index contributed by atoms with van der Waals surface area (Å²) >= 11 is 0. The molecule has 0 saturated carbocycles. The Kier molecular flexibility index (Phi) is 6.15. The number of aromatic nitrogens is 2. The summed E-state index contributed by atoms with van der Waals surface area (Å²) in [6.07, 6.45) is -4.41. The molecule has 0 spiro atoms. The van der Waals surface area contributed by atoms with Crippen molar-refractivity contribution in [3.63, 3.8) is 0 Å². The van der Waals surface area contributed by atoms with Crippen LogP contribution in [0.15, 0.2) is 30.5 Å². The van der Waals surface area contributed by atoms with Crippen LogP contribution in [0.25, 0.3) is 0 Å². The van der Waals surface area contributed by atoms with Gasteiger partial charge >= 0.3 is 6.18 Å². The molecule has 1 heterocycles. The molecule has 2 aromatic carbocycles. The predicted molar refractivity (Wildman–Crippen MR) is 98.0 cm³/mol. The maximum absolute atomic E-state index is 14.0. The van der Waals surface area contributed by atoms with Gasteiger partial charge in [0.2, 0.25) is 0 Å². The molecule has 1 aromatic heterocycles. The highest BCUT2D eigenvalue weighted by atomic mass is 19.4. The first-order valence-electron chi connectivity index (χ1n) is 8.88. The summed E-state index contributed by atoms with van der Waals surface area (Å²) in [5.41, 5.74) is -3.11. The molecule has 0 radical (unpaired) electrons. The number of aryl methyl sites for hydroxylation is 2. The number of halogens is 7. The lowest BCUT2D eigenvalue weighted by Gasteiger charge is -2.14. The van der Waals surface area contributed by atoms with E-state index in [1.54, 1.807) is 6.07 Å². The minimum absolute atomic E-state index is 0.149. The first-order valence-corrected chi connectivity index (χ1v) is 8.88. The normalized spacial score (nSPS) is 11.5. The molecule has 0 atom stereocenters. The third kappa shape index (κ3) is 4.53. The molecule has 0 aliphatic rings. The number of rotatable bonds is 5. The SMILES string of the molecule is Cc1ccc(C)c(OCn2ccc(C(=O)Nc3c(F)c(F)c(C(F)(F)F)c(F)c3F)n2)c1. The Balaban J connectivity index is 1.79. The van der Waals surface area contributed by atoms with Crippen molar-refractivity contribution < 1.29 is 40.3 Å². The maximum atomic E-state index is 14.0. The van der Waals surface area contributed by atoms with E-state index in [9.17, 15) is 35.5 Å². The number of nitrogens with zero attached hydrogens (tertiary/aromatic N) is 2. The third-order valence-electron chi connectivity index (χ3n) is 4.35. The molecule has 1 amide bonds. The average molecular weight is 461 g/mol. The van der Waals surface area contributed by atoms with Gasteiger partial charge in [0, 0.05) is 6.20 Å². The van der Waals surface area contributed by atoms with Crippen LogP contribution in [0.4, 0.5) is 36.4 Å². The Hall–Kier alpha value is -3.57. The smallest absolute Gasteiger partial charge is 0.422 e. The van der Waals surface area contributed by atoms with Crippen LogP contribution in [0.1, 0.15) is 27.2 Å². The van der Waals surface area contributed by atoms with E-state index in [-0.39, 0.29) is 6.73 Å². The van der Waals surface area contributed by atoms with Crippen LogP contribution < -0.4 is 10.1 Å². The van der Waals surface area contributed by atoms with Crippen LogP contribution >= 0.6 is 0 Å². The molecule has 3 aromatic rings. The second-order valence-electron chi connectivity index (χ2n) is 6.74. The molecular weight excluding hydrogens is 447 g/mol. The van der Waals surface area contributed by atoms with Crippen molar-refractivity contribution in [1.82, 2.24) is 9.78 Å². The van der Waals surface area contributed by atoms with Gasteiger partial charge in [-0.25, -0.2) is 22.2 Å². The van der Waals surface area contributed by atoms with Crippen LogP contribution in [0, 0.1) is 37.1 Å². The van der Waals surface area contributed by atoms with Gasteiger partial charge < -0.3 is 10.1 Å². The zero-order valence-electron chi connectivity index (χ0n) is 16.5. The zero-order valence-corrected chi connectivity index (χ0v) is 16.5. The average Bonchev–Trinajstić information content (AvgIpc) is 3.18. The lowest BCUT2D eigenvalue weighted by Crippen LogP contribution is -2.21. The maximum Gasteiger partial charge on any atom is 0.422 e. The van der Waals surface area contributed by atoms with Gasteiger partial charge in [0.05, 0.1) is 0 Å². The summed E-state index contributed by atoms with van der Waals surface area (Å²) < 4.78 is 99.9. The lowest BCUT2D eigenvalue weighted by molar-refractivity contribution is -0.143. The Morgan fingerprint density at radius 2 is 1.66 bits per heavy atom. The molecule has 0 unspecified atom stereocenters. The fraction of sp³-hybridized carbons (Fsp3) is 0.200. The van der Waals surface area contributed by atoms with Gasteiger partial charge in [0.15, 0.2) is 35.7 Å². The fourth-order valence-corrected chi connectivity index (χ4v) is 2.72. The van der Waals surface area contributed by atoms with E-state index in [1.165, 1.54) is 11.5 Å². The zero-order chi connectivity index (χ0) is 23.8. The standard InChI is InChI=1S/C20H14F7N3O2/c1-9-3-4-10(2)12(7-9)32-8-30-6-5-11(29-30)19(31)28-18-16(23)14(21)13(20(25,26)27)15(22)17(18)24/h3-7H,8H2,1-2H3,(H,28,31). The highest BCUT2D eigenvalue weighted by Gasteiger charge is 2.42. The summed E-state index contributed by atoms with van der Waals surface area (Å²) in [4.78, 5) is 12.2. The van der Waals surface area contributed by atoms with E-state index >= 15 is 0 Å². The third-order valence-corrected chi connectivity index (χ3v) is 4.35. The van der Waals surface area contributed by atoms with Crippen molar-refractivity contribution in [2.24, 2.45) is 0 Å². The molecule has 0 aliphatic heterocycles. The van der Waals surface area contributed by atoms with Gasteiger partial charge in [-0.2, -0.15) is 18.3 Å². The van der Waals surface area contributed by atoms with Crippen molar-refractivity contribution in [3.8, 4) is 5.75 Å². The number of nitrogens with one attached hydrogen (secondary N) is 1. The number of carbonyl (C=O) groups excluding carboxylic acids is 1. The Labute approximate surface area is 176 Å². The van der Waals surface area contributed by atoms with Gasteiger partial charge in [0.25, 0.3) is 5.91 Å². The molecule has 0 fully saturated rings. The number of benzene rings is 2. The van der Waals surface area contributed by atoms with Gasteiger partial charge in [-0.15, -0.1) is 0 Å². The van der Waals surface area contributed by atoms with Crippen molar-refractivity contribution >= 4 is 11.6 Å². The first-order chi connectivity index (χ1) is 14.9. The number of amides is 1. The van der Waals surface area contributed by atoms with Crippen molar-refractivity contribution in [3.05, 3.63) is 76.1 Å². The number of anilines is 1. The van der Waals surface area contributed by atoms with Crippen molar-refractivity contribution in [2.45, 2.75) is 26.8 Å². The van der Waals surface area contributed by atoms with Crippen LogP contribution in [-0.4, -0.2) is 15.7 Å². The molecule has 0 saturated heterocycles. The monoisotopic (exact) mass is 461 g/mol. The molecule has 0 aliphatic carbocycles. The number of alkyl halides is 3. The van der Waals surface area contributed by atoms with Crippen molar-refractivity contribution in [2.75, 3.05) is 5.32 Å². The molecular formula is C20H14F7N3O2. The second kappa shape index (κ2) is 8.52. The Morgan fingerprint density at radius 1 is 1.03 bits per heavy atom. The topological polar surface area (TPSA) is 56.1 Å². The summed E-state index contributed by atoms with van der Waals surface area (Å²) in [5.74, 6) is -10.9. The highest BCUT2D eigenvalue weighted by molar-refractivity contribution is 6.03. The van der Waals surface area contributed by atoms with E-state index in [2.05, 4.69) is 5.10 Å². The van der Waals surface area contributed by atoms with Crippen LogP contribution in [0.5, 0.6) is 5.75 Å². The van der Waals surface area contributed by atoms with E-state index in [0.29, 0.717) is 5.75 Å². The van der Waals surface area contributed by atoms with Gasteiger partial charge in [0.1, 0.15) is 17.0 Å². The lowest BCUT2D eigenvalue weighted by atomic mass is 10.1. The van der Waals surface area contributed by atoms with Gasteiger partial charge in [-0.3, -0.25) is 4.79 Å². The summed E-state index contributed by atoms with van der Waals surface area (Å²) in [6, 6.07) is 6.59. The minimum atomic E-state index is -5.69. The van der Waals surface area contributed by atoms with Crippen LogP contribution in [0.3, 0.4) is 0 Å². The summed E-state index contributed by atoms with van der Waals surface area (Å²) in [6.45, 7) is 3.51. The molecule has 3 rings (SSSR count). The molecule has 170 valence electrons. The fourth-order valence-electron chi connectivity index (χ4n) is 2.72. The minimum Gasteiger partial charge on any atom is -0.471 e. The van der Waals surface area contributed by atoms with Crippen LogP contribution in [-0.2, 0) is 12.9 Å². The number of ether oxygens (including phenoxy) is 1. The van der Waals surface area contributed by atoms with E-state index in [4.69, 9.17) is 4.74 Å². The molecule has 12 heteroatoms. The van der Waals surface area contributed by atoms with Gasteiger partial charge in [-0.1, -0.05) is 12.1 Å². The van der Waals surface area contributed by atoms with Crippen LogP contribution in [0.2, 0.25) is 0 Å². The van der Waals surface area contributed by atoms with E-state index < -0.39 is 52.3 Å². The van der Waals surface area contributed by atoms with Gasteiger partial charge in [-0.05, 0) is 37.1 Å². The highest BCUT2D eigenvalue weighted by Crippen LogP contribution is 2.38. The molecule has 0 bridgehead atoms. The Morgan fingerprint density at radius 3 is 2.25 bits per heavy atom. The first kappa shape index (κ1) is 23.1.